The van der Waals surface area contributed by atoms with E-state index >= 15 is 0 Å². The minimum Gasteiger partial charge on any atom is -0.457 e. The van der Waals surface area contributed by atoms with Crippen LogP contribution in [-0.2, 0) is 23.3 Å². The van der Waals surface area contributed by atoms with E-state index in [2.05, 4.69) is 37.9 Å². The molecule has 2 aromatic heterocycles. The highest BCUT2D eigenvalue weighted by Crippen LogP contribution is 2.27. The van der Waals surface area contributed by atoms with Crippen LogP contribution in [0.1, 0.15) is 66.0 Å². The smallest absolute Gasteiger partial charge is 0.344 e. The summed E-state index contributed by atoms with van der Waals surface area (Å²) < 4.78 is 7.40. The van der Waals surface area contributed by atoms with Crippen molar-refractivity contribution in [1.29, 1.82) is 0 Å². The minimum absolute atomic E-state index is 0.0385. The van der Waals surface area contributed by atoms with Crippen molar-refractivity contribution in [2.24, 2.45) is 0 Å². The third-order valence-electron chi connectivity index (χ3n) is 5.53. The van der Waals surface area contributed by atoms with Crippen molar-refractivity contribution in [3.05, 3.63) is 74.2 Å². The van der Waals surface area contributed by atoms with E-state index in [-0.39, 0.29) is 23.0 Å². The molecule has 3 rings (SSSR count). The van der Waals surface area contributed by atoms with E-state index in [0.29, 0.717) is 17.6 Å². The van der Waals surface area contributed by atoms with Crippen LogP contribution in [0, 0.1) is 20.8 Å². The van der Waals surface area contributed by atoms with Crippen molar-refractivity contribution in [3.63, 3.8) is 0 Å². The number of rotatable bonds is 4. The molecule has 5 heteroatoms. The summed E-state index contributed by atoms with van der Waals surface area (Å²) in [5, 5.41) is 0.429. The van der Waals surface area contributed by atoms with E-state index in [9.17, 15) is 9.59 Å². The number of nitrogens with zero attached hydrogens (tertiary/aromatic N) is 2. The van der Waals surface area contributed by atoms with Crippen molar-refractivity contribution in [2.45, 2.75) is 67.0 Å². The van der Waals surface area contributed by atoms with E-state index in [1.807, 2.05) is 32.3 Å². The summed E-state index contributed by atoms with van der Waals surface area (Å²) in [5.74, 6) is -0.608. The number of carbonyl (C=O) groups is 1. The van der Waals surface area contributed by atoms with Gasteiger partial charge in [0.15, 0.2) is 0 Å². The molecule has 0 saturated carbocycles. The first kappa shape index (κ1) is 21.8. The second kappa shape index (κ2) is 8.05. The van der Waals surface area contributed by atoms with Crippen LogP contribution in [0.15, 0.2) is 35.3 Å². The van der Waals surface area contributed by atoms with Crippen LogP contribution in [0.4, 0.5) is 0 Å². The maximum absolute atomic E-state index is 12.9. The predicted molar refractivity (Wildman–Crippen MR) is 120 cm³/mol. The van der Waals surface area contributed by atoms with Gasteiger partial charge in [-0.05, 0) is 67.5 Å². The van der Waals surface area contributed by atoms with Crippen LogP contribution in [0.25, 0.3) is 11.0 Å². The van der Waals surface area contributed by atoms with Gasteiger partial charge >= 0.3 is 5.97 Å². The molecule has 0 aliphatic heterocycles. The van der Waals surface area contributed by atoms with Crippen molar-refractivity contribution in [2.75, 3.05) is 0 Å². The second-order valence-electron chi connectivity index (χ2n) is 8.90. The molecule has 0 N–H and O–H groups in total. The average Bonchev–Trinajstić information content (AvgIpc) is 2.66. The SMILES string of the molecule is CCn1cc(C(=O)OCc2c(C)cc(C(C)(C)C)cc2C)c(=O)c2ccc(C)nc21. The monoisotopic (exact) mass is 406 g/mol. The zero-order valence-electron chi connectivity index (χ0n) is 18.9. The number of esters is 1. The van der Waals surface area contributed by atoms with Crippen LogP contribution >= 0.6 is 0 Å². The van der Waals surface area contributed by atoms with E-state index < -0.39 is 5.97 Å². The first-order chi connectivity index (χ1) is 14.0. The summed E-state index contributed by atoms with van der Waals surface area (Å²) in [6.07, 6.45) is 1.56. The molecule has 3 aromatic rings. The Morgan fingerprint density at radius 1 is 1.10 bits per heavy atom. The number of aryl methyl sites for hydroxylation is 4. The van der Waals surface area contributed by atoms with Gasteiger partial charge in [0.1, 0.15) is 17.8 Å². The van der Waals surface area contributed by atoms with Crippen molar-refractivity contribution >= 4 is 17.0 Å². The van der Waals surface area contributed by atoms with Gasteiger partial charge in [0.2, 0.25) is 5.43 Å². The van der Waals surface area contributed by atoms with Gasteiger partial charge in [0.05, 0.1) is 5.39 Å². The fraction of sp³-hybridized carbons (Fsp3) is 0.400. The van der Waals surface area contributed by atoms with Crippen LogP contribution in [-0.4, -0.2) is 15.5 Å². The number of hydrogen-bond donors (Lipinski definition) is 0. The standard InChI is InChI=1S/C25H30N2O3/c1-8-27-13-20(22(28)19-10-9-17(4)26-23(19)27)24(29)30-14-21-15(2)11-18(12-16(21)3)25(5,6)7/h9-13H,8,14H2,1-7H3. The molecular weight excluding hydrogens is 376 g/mol. The number of pyridine rings is 2. The second-order valence-corrected chi connectivity index (χ2v) is 8.90. The molecule has 0 aliphatic rings. The van der Waals surface area contributed by atoms with Crippen molar-refractivity contribution in [1.82, 2.24) is 9.55 Å². The molecule has 5 nitrogen and oxygen atoms in total. The largest absolute Gasteiger partial charge is 0.457 e. The number of benzene rings is 1. The lowest BCUT2D eigenvalue weighted by Gasteiger charge is -2.22. The van der Waals surface area contributed by atoms with E-state index in [1.54, 1.807) is 18.3 Å². The molecule has 1 aromatic carbocycles. The molecule has 0 aliphatic carbocycles. The lowest BCUT2D eigenvalue weighted by molar-refractivity contribution is 0.0469. The Balaban J connectivity index is 1.92. The van der Waals surface area contributed by atoms with Gasteiger partial charge in [0, 0.05) is 18.4 Å². The Kier molecular flexibility index (Phi) is 5.84. The van der Waals surface area contributed by atoms with Crippen molar-refractivity contribution in [3.8, 4) is 0 Å². The number of hydrogen-bond acceptors (Lipinski definition) is 4. The molecule has 0 unspecified atom stereocenters. The number of aromatic nitrogens is 2. The summed E-state index contributed by atoms with van der Waals surface area (Å²) in [4.78, 5) is 30.2. The van der Waals surface area contributed by atoms with Gasteiger partial charge in [-0.2, -0.15) is 0 Å². The van der Waals surface area contributed by atoms with Gasteiger partial charge < -0.3 is 9.30 Å². The van der Waals surface area contributed by atoms with E-state index in [4.69, 9.17) is 4.74 Å². The minimum atomic E-state index is -0.608. The highest BCUT2D eigenvalue weighted by molar-refractivity contribution is 5.93. The molecule has 0 atom stereocenters. The summed E-state index contributed by atoms with van der Waals surface area (Å²) >= 11 is 0. The molecule has 158 valence electrons. The number of ether oxygens (including phenoxy) is 1. The zero-order valence-corrected chi connectivity index (χ0v) is 18.9. The highest BCUT2D eigenvalue weighted by Gasteiger charge is 2.20. The predicted octanol–water partition coefficient (Wildman–Crippen LogP) is 5.00. The van der Waals surface area contributed by atoms with Gasteiger partial charge in [0.25, 0.3) is 0 Å². The topological polar surface area (TPSA) is 61.2 Å². The first-order valence-corrected chi connectivity index (χ1v) is 10.3. The Labute approximate surface area is 177 Å². The normalized spacial score (nSPS) is 11.7. The summed E-state index contributed by atoms with van der Waals surface area (Å²) in [5.41, 5.74) is 5.54. The fourth-order valence-electron chi connectivity index (χ4n) is 3.62. The quantitative estimate of drug-likeness (QED) is 0.572. The average molecular weight is 407 g/mol. The summed E-state index contributed by atoms with van der Waals surface area (Å²) in [6, 6.07) is 7.79. The molecule has 0 bridgehead atoms. The molecule has 0 radical (unpaired) electrons. The highest BCUT2D eigenvalue weighted by atomic mass is 16.5. The molecule has 0 saturated heterocycles. The van der Waals surface area contributed by atoms with Crippen LogP contribution in [0.3, 0.4) is 0 Å². The van der Waals surface area contributed by atoms with Gasteiger partial charge in [-0.1, -0.05) is 32.9 Å². The van der Waals surface area contributed by atoms with Crippen LogP contribution in [0.2, 0.25) is 0 Å². The Morgan fingerprint density at radius 3 is 2.30 bits per heavy atom. The maximum Gasteiger partial charge on any atom is 0.344 e. The van der Waals surface area contributed by atoms with Crippen molar-refractivity contribution < 1.29 is 9.53 Å². The lowest BCUT2D eigenvalue weighted by Crippen LogP contribution is -2.21. The zero-order chi connectivity index (χ0) is 22.2. The Hall–Kier alpha value is -2.95. The Morgan fingerprint density at radius 2 is 1.73 bits per heavy atom. The van der Waals surface area contributed by atoms with Gasteiger partial charge in [-0.3, -0.25) is 4.79 Å². The number of carbonyl (C=O) groups excluding carboxylic acids is 1. The maximum atomic E-state index is 12.9. The third kappa shape index (κ3) is 4.16. The van der Waals surface area contributed by atoms with E-state index in [0.717, 1.165) is 22.4 Å². The summed E-state index contributed by atoms with van der Waals surface area (Å²) in [6.45, 7) is 15.1. The molecule has 30 heavy (non-hydrogen) atoms. The van der Waals surface area contributed by atoms with E-state index in [1.165, 1.54) is 5.56 Å². The molecule has 0 fully saturated rings. The lowest BCUT2D eigenvalue weighted by atomic mass is 9.84. The first-order valence-electron chi connectivity index (χ1n) is 10.3. The fourth-order valence-corrected chi connectivity index (χ4v) is 3.62. The molecular formula is C25H30N2O3. The third-order valence-corrected chi connectivity index (χ3v) is 5.53. The summed E-state index contributed by atoms with van der Waals surface area (Å²) in [7, 11) is 0. The molecule has 2 heterocycles. The Bertz CT molecular complexity index is 1160. The van der Waals surface area contributed by atoms with Crippen LogP contribution < -0.4 is 5.43 Å². The number of fused-ring (bicyclic) bond motifs is 1. The molecule has 0 amide bonds. The van der Waals surface area contributed by atoms with Gasteiger partial charge in [-0.25, -0.2) is 9.78 Å². The van der Waals surface area contributed by atoms with Crippen LogP contribution in [0.5, 0.6) is 0 Å². The molecule has 0 spiro atoms. The van der Waals surface area contributed by atoms with Gasteiger partial charge in [-0.15, -0.1) is 0 Å².